The largest absolute Gasteiger partial charge is 0.507 e. The van der Waals surface area contributed by atoms with Gasteiger partial charge in [-0.05, 0) is 42.1 Å². The van der Waals surface area contributed by atoms with Gasteiger partial charge in [0.2, 0.25) is 0 Å². The van der Waals surface area contributed by atoms with Crippen molar-refractivity contribution in [2.24, 2.45) is 9.98 Å². The molecule has 1 unspecified atom stereocenters. The number of benzene rings is 4. The van der Waals surface area contributed by atoms with Crippen LogP contribution in [0, 0.1) is 0 Å². The van der Waals surface area contributed by atoms with Gasteiger partial charge in [0.05, 0.1) is 6.54 Å². The lowest BCUT2D eigenvalue weighted by Gasteiger charge is -2.11. The zero-order chi connectivity index (χ0) is 24.8. The maximum absolute atomic E-state index is 10.6. The van der Waals surface area contributed by atoms with E-state index < -0.39 is 0 Å². The first-order valence-electron chi connectivity index (χ1n) is 11.7. The van der Waals surface area contributed by atoms with Gasteiger partial charge in [0, 0.05) is 45.5 Å². The second-order valence-corrected chi connectivity index (χ2v) is 11.4. The maximum atomic E-state index is 10.6. The molecule has 1 atom stereocenters. The molecule has 6 heteroatoms. The van der Waals surface area contributed by atoms with E-state index in [-0.39, 0.29) is 5.75 Å². The first-order chi connectivity index (χ1) is 17.0. The molecular formula is C29H30N2O2S2. The SMILES string of the molecule is CC(=NCCSSC(C)CN=C(C)c1c(O)ccc2ccccc12)c1ccc2ccccc2c1O. The summed E-state index contributed by atoms with van der Waals surface area (Å²) >= 11 is 0. The summed E-state index contributed by atoms with van der Waals surface area (Å²) in [5.74, 6) is 1.45. The minimum Gasteiger partial charge on any atom is -0.507 e. The third-order valence-corrected chi connectivity index (χ3v) is 8.76. The van der Waals surface area contributed by atoms with Gasteiger partial charge in [0.15, 0.2) is 0 Å². The van der Waals surface area contributed by atoms with Crippen molar-refractivity contribution in [1.29, 1.82) is 0 Å². The molecule has 0 aliphatic carbocycles. The average Bonchev–Trinajstić information content (AvgIpc) is 2.87. The van der Waals surface area contributed by atoms with Gasteiger partial charge in [-0.3, -0.25) is 9.98 Å². The van der Waals surface area contributed by atoms with E-state index in [1.54, 1.807) is 27.7 Å². The number of phenolic OH excluding ortho intramolecular Hbond substituents is 2. The Kier molecular flexibility index (Phi) is 8.37. The van der Waals surface area contributed by atoms with Crippen molar-refractivity contribution in [3.63, 3.8) is 0 Å². The summed E-state index contributed by atoms with van der Waals surface area (Å²) in [7, 11) is 3.59. The first kappa shape index (κ1) is 25.1. The Balaban J connectivity index is 1.29. The Morgan fingerprint density at radius 1 is 0.800 bits per heavy atom. The average molecular weight is 503 g/mol. The quantitative estimate of drug-likeness (QED) is 0.141. The zero-order valence-electron chi connectivity index (χ0n) is 20.2. The van der Waals surface area contributed by atoms with Crippen molar-refractivity contribution in [3.8, 4) is 11.5 Å². The van der Waals surface area contributed by atoms with Crippen LogP contribution in [0.3, 0.4) is 0 Å². The topological polar surface area (TPSA) is 65.2 Å². The number of fused-ring (bicyclic) bond motifs is 2. The van der Waals surface area contributed by atoms with E-state index in [0.717, 1.165) is 49.8 Å². The fourth-order valence-corrected chi connectivity index (χ4v) is 6.08. The highest BCUT2D eigenvalue weighted by atomic mass is 33.1. The van der Waals surface area contributed by atoms with Gasteiger partial charge in [0.1, 0.15) is 11.5 Å². The maximum Gasteiger partial charge on any atom is 0.132 e. The number of hydrogen-bond donors (Lipinski definition) is 2. The molecule has 0 aliphatic rings. The minimum atomic E-state index is 0.269. The van der Waals surface area contributed by atoms with Crippen LogP contribution in [0.5, 0.6) is 11.5 Å². The summed E-state index contributed by atoms with van der Waals surface area (Å²) in [5.41, 5.74) is 3.31. The molecule has 0 aliphatic heterocycles. The Morgan fingerprint density at radius 3 is 2.23 bits per heavy atom. The number of aromatic hydroxyl groups is 2. The molecule has 4 aromatic carbocycles. The van der Waals surface area contributed by atoms with Gasteiger partial charge in [-0.25, -0.2) is 0 Å². The van der Waals surface area contributed by atoms with Crippen LogP contribution in [0.2, 0.25) is 0 Å². The molecule has 0 heterocycles. The lowest BCUT2D eigenvalue weighted by Crippen LogP contribution is -2.05. The number of aliphatic imine (C=N–C) groups is 2. The summed E-state index contributed by atoms with van der Waals surface area (Å²) in [5, 5.41) is 25.4. The molecule has 4 aromatic rings. The van der Waals surface area contributed by atoms with E-state index in [2.05, 4.69) is 11.9 Å². The molecule has 4 rings (SSSR count). The van der Waals surface area contributed by atoms with Crippen LogP contribution in [-0.2, 0) is 0 Å². The number of phenols is 2. The fourth-order valence-electron chi connectivity index (χ4n) is 4.06. The Labute approximate surface area is 214 Å². The summed E-state index contributed by atoms with van der Waals surface area (Å²) < 4.78 is 0. The predicted octanol–water partition coefficient (Wildman–Crippen LogP) is 7.49. The molecule has 0 fully saturated rings. The summed E-state index contributed by atoms with van der Waals surface area (Å²) in [4.78, 5) is 9.45. The minimum absolute atomic E-state index is 0.269. The number of rotatable bonds is 9. The molecule has 0 bridgehead atoms. The van der Waals surface area contributed by atoms with Crippen LogP contribution in [-0.4, -0.2) is 45.7 Å². The van der Waals surface area contributed by atoms with E-state index in [1.165, 1.54) is 0 Å². The van der Waals surface area contributed by atoms with Crippen molar-refractivity contribution in [2.75, 3.05) is 18.8 Å². The Bertz CT molecular complexity index is 1400. The van der Waals surface area contributed by atoms with Crippen molar-refractivity contribution in [2.45, 2.75) is 26.0 Å². The number of hydrogen-bond acceptors (Lipinski definition) is 6. The van der Waals surface area contributed by atoms with Crippen LogP contribution in [0.1, 0.15) is 31.9 Å². The van der Waals surface area contributed by atoms with Gasteiger partial charge in [-0.15, -0.1) is 0 Å². The molecule has 0 saturated carbocycles. The molecule has 0 aromatic heterocycles. The molecule has 0 spiro atoms. The van der Waals surface area contributed by atoms with Gasteiger partial charge in [-0.1, -0.05) is 89.2 Å². The fraction of sp³-hybridized carbons (Fsp3) is 0.241. The smallest absolute Gasteiger partial charge is 0.132 e. The highest BCUT2D eigenvalue weighted by molar-refractivity contribution is 8.76. The van der Waals surface area contributed by atoms with Gasteiger partial charge in [-0.2, -0.15) is 0 Å². The van der Waals surface area contributed by atoms with Crippen molar-refractivity contribution >= 4 is 54.6 Å². The highest BCUT2D eigenvalue weighted by Gasteiger charge is 2.11. The molecule has 2 N–H and O–H groups in total. The van der Waals surface area contributed by atoms with E-state index in [9.17, 15) is 10.2 Å². The predicted molar refractivity (Wildman–Crippen MR) is 155 cm³/mol. The molecular weight excluding hydrogens is 472 g/mol. The highest BCUT2D eigenvalue weighted by Crippen LogP contribution is 2.31. The standard InChI is InChI=1S/C29H30N2O2S2/c1-19(18-31-21(3)28-25-10-6-4-8-22(25)13-15-27(28)32)35-34-17-16-30-20(2)24-14-12-23-9-5-7-11-26(23)29(24)33/h4-15,19,32-33H,16-18H2,1-3H3. The lowest BCUT2D eigenvalue weighted by molar-refractivity contribution is 0.475. The summed E-state index contributed by atoms with van der Waals surface area (Å²) in [6, 6.07) is 23.5. The molecule has 0 amide bonds. The number of nitrogens with zero attached hydrogens (tertiary/aromatic N) is 2. The summed E-state index contributed by atoms with van der Waals surface area (Å²) in [6.45, 7) is 7.45. The second-order valence-electron chi connectivity index (χ2n) is 8.49. The third kappa shape index (κ3) is 6.00. The van der Waals surface area contributed by atoms with Crippen LogP contribution in [0.4, 0.5) is 0 Å². The summed E-state index contributed by atoms with van der Waals surface area (Å²) in [6.07, 6.45) is 0. The van der Waals surface area contributed by atoms with E-state index in [4.69, 9.17) is 4.99 Å². The van der Waals surface area contributed by atoms with Gasteiger partial charge in [0.25, 0.3) is 0 Å². The van der Waals surface area contributed by atoms with Crippen LogP contribution in [0.25, 0.3) is 21.5 Å². The van der Waals surface area contributed by atoms with E-state index >= 15 is 0 Å². The van der Waals surface area contributed by atoms with Crippen LogP contribution in [0.15, 0.2) is 82.8 Å². The third-order valence-electron chi connectivity index (χ3n) is 5.90. The van der Waals surface area contributed by atoms with Crippen molar-refractivity contribution < 1.29 is 10.2 Å². The van der Waals surface area contributed by atoms with Gasteiger partial charge < -0.3 is 10.2 Å². The molecule has 0 saturated heterocycles. The molecule has 0 radical (unpaired) electrons. The Hall–Kier alpha value is -2.96. The molecule has 180 valence electrons. The van der Waals surface area contributed by atoms with Crippen molar-refractivity contribution in [1.82, 2.24) is 0 Å². The molecule has 35 heavy (non-hydrogen) atoms. The first-order valence-corrected chi connectivity index (χ1v) is 14.1. The van der Waals surface area contributed by atoms with Crippen LogP contribution >= 0.6 is 21.6 Å². The monoisotopic (exact) mass is 502 g/mol. The van der Waals surface area contributed by atoms with E-state index in [1.807, 2.05) is 80.6 Å². The normalized spacial score (nSPS) is 13.5. The van der Waals surface area contributed by atoms with E-state index in [0.29, 0.717) is 24.1 Å². The second kappa shape index (κ2) is 11.6. The van der Waals surface area contributed by atoms with Crippen LogP contribution < -0.4 is 0 Å². The van der Waals surface area contributed by atoms with Crippen molar-refractivity contribution in [3.05, 3.63) is 83.9 Å². The zero-order valence-corrected chi connectivity index (χ0v) is 21.9. The Morgan fingerprint density at radius 2 is 1.46 bits per heavy atom. The lowest BCUT2D eigenvalue weighted by atomic mass is 10.0. The molecule has 4 nitrogen and oxygen atoms in total. The van der Waals surface area contributed by atoms with Gasteiger partial charge >= 0.3 is 0 Å².